The van der Waals surface area contributed by atoms with Gasteiger partial charge in [0.25, 0.3) is 0 Å². The van der Waals surface area contributed by atoms with E-state index in [1.54, 1.807) is 14.2 Å². The first-order chi connectivity index (χ1) is 10.8. The van der Waals surface area contributed by atoms with Crippen LogP contribution in [0.1, 0.15) is 5.56 Å². The second-order valence-electron chi connectivity index (χ2n) is 5.34. The fourth-order valence-electron chi connectivity index (χ4n) is 3.00. The molecule has 0 saturated heterocycles. The molecular formula is C19H16O3. The zero-order valence-electron chi connectivity index (χ0n) is 12.6. The van der Waals surface area contributed by atoms with Gasteiger partial charge in [0.05, 0.1) is 14.2 Å². The van der Waals surface area contributed by atoms with Crippen molar-refractivity contribution in [2.45, 2.75) is 6.61 Å². The smallest absolute Gasteiger partial charge is 0.135 e. The first-order valence-corrected chi connectivity index (χ1v) is 7.21. The molecule has 1 heterocycles. The quantitative estimate of drug-likeness (QED) is 0.700. The molecule has 0 N–H and O–H groups in total. The minimum absolute atomic E-state index is 0.560. The summed E-state index contributed by atoms with van der Waals surface area (Å²) in [4.78, 5) is 0. The Morgan fingerprint density at radius 1 is 0.818 bits per heavy atom. The van der Waals surface area contributed by atoms with Gasteiger partial charge in [0.2, 0.25) is 0 Å². The summed E-state index contributed by atoms with van der Waals surface area (Å²) >= 11 is 0. The maximum atomic E-state index is 6.04. The van der Waals surface area contributed by atoms with E-state index in [2.05, 4.69) is 24.3 Å². The largest absolute Gasteiger partial charge is 0.497 e. The highest BCUT2D eigenvalue weighted by molar-refractivity contribution is 5.97. The Labute approximate surface area is 129 Å². The van der Waals surface area contributed by atoms with E-state index in [9.17, 15) is 0 Å². The van der Waals surface area contributed by atoms with E-state index >= 15 is 0 Å². The van der Waals surface area contributed by atoms with Gasteiger partial charge in [-0.05, 0) is 47.3 Å². The van der Waals surface area contributed by atoms with Gasteiger partial charge in [-0.1, -0.05) is 12.1 Å². The molecular weight excluding hydrogens is 276 g/mol. The molecule has 0 saturated carbocycles. The number of ether oxygens (including phenoxy) is 3. The highest BCUT2D eigenvalue weighted by Crippen LogP contribution is 2.43. The van der Waals surface area contributed by atoms with E-state index in [0.717, 1.165) is 39.1 Å². The summed E-state index contributed by atoms with van der Waals surface area (Å²) in [6.07, 6.45) is 0. The molecule has 0 bridgehead atoms. The van der Waals surface area contributed by atoms with Gasteiger partial charge >= 0.3 is 0 Å². The molecule has 0 aliphatic carbocycles. The fraction of sp³-hybridized carbons (Fsp3) is 0.158. The number of hydrogen-bond donors (Lipinski definition) is 0. The third-order valence-corrected chi connectivity index (χ3v) is 4.15. The van der Waals surface area contributed by atoms with Crippen molar-refractivity contribution in [3.05, 3.63) is 54.1 Å². The van der Waals surface area contributed by atoms with Crippen LogP contribution >= 0.6 is 0 Å². The lowest BCUT2D eigenvalue weighted by atomic mass is 9.94. The molecule has 3 nitrogen and oxygen atoms in total. The summed E-state index contributed by atoms with van der Waals surface area (Å²) < 4.78 is 16.6. The van der Waals surface area contributed by atoms with E-state index < -0.39 is 0 Å². The number of hydrogen-bond acceptors (Lipinski definition) is 3. The van der Waals surface area contributed by atoms with E-state index in [0.29, 0.717) is 6.61 Å². The van der Waals surface area contributed by atoms with Gasteiger partial charge in [-0.2, -0.15) is 0 Å². The van der Waals surface area contributed by atoms with Crippen LogP contribution in [0.3, 0.4) is 0 Å². The third-order valence-electron chi connectivity index (χ3n) is 4.15. The van der Waals surface area contributed by atoms with Crippen molar-refractivity contribution in [1.29, 1.82) is 0 Å². The van der Waals surface area contributed by atoms with E-state index in [4.69, 9.17) is 14.2 Å². The first kappa shape index (κ1) is 13.0. The predicted octanol–water partition coefficient (Wildman–Crippen LogP) is 4.42. The molecule has 110 valence electrons. The van der Waals surface area contributed by atoms with Crippen molar-refractivity contribution >= 4 is 10.8 Å². The van der Waals surface area contributed by atoms with Gasteiger partial charge in [-0.15, -0.1) is 0 Å². The first-order valence-electron chi connectivity index (χ1n) is 7.21. The molecule has 0 fully saturated rings. The molecule has 3 aromatic carbocycles. The van der Waals surface area contributed by atoms with Gasteiger partial charge in [0.15, 0.2) is 0 Å². The van der Waals surface area contributed by atoms with Crippen LogP contribution in [0.5, 0.6) is 17.2 Å². The normalized spacial score (nSPS) is 12.3. The van der Waals surface area contributed by atoms with Gasteiger partial charge in [-0.3, -0.25) is 0 Å². The van der Waals surface area contributed by atoms with Crippen LogP contribution in [0.4, 0.5) is 0 Å². The van der Waals surface area contributed by atoms with Gasteiger partial charge in [0.1, 0.15) is 23.9 Å². The summed E-state index contributed by atoms with van der Waals surface area (Å²) in [5.74, 6) is 2.66. The van der Waals surface area contributed by atoms with Crippen molar-refractivity contribution in [2.75, 3.05) is 14.2 Å². The van der Waals surface area contributed by atoms with E-state index in [1.807, 2.05) is 24.3 Å². The lowest BCUT2D eigenvalue weighted by Crippen LogP contribution is -2.06. The molecule has 1 aliphatic rings. The van der Waals surface area contributed by atoms with Crippen LogP contribution in [0.2, 0.25) is 0 Å². The van der Waals surface area contributed by atoms with Crippen LogP contribution in [-0.2, 0) is 6.61 Å². The summed E-state index contributed by atoms with van der Waals surface area (Å²) in [5.41, 5.74) is 3.49. The zero-order chi connectivity index (χ0) is 15.1. The van der Waals surface area contributed by atoms with Crippen molar-refractivity contribution in [3.63, 3.8) is 0 Å². The van der Waals surface area contributed by atoms with Gasteiger partial charge < -0.3 is 14.2 Å². The average Bonchev–Trinajstić information content (AvgIpc) is 2.59. The molecule has 0 aromatic heterocycles. The second kappa shape index (κ2) is 4.95. The second-order valence-corrected chi connectivity index (χ2v) is 5.34. The molecule has 0 spiro atoms. The minimum atomic E-state index is 0.560. The van der Waals surface area contributed by atoms with Crippen molar-refractivity contribution in [3.8, 4) is 28.4 Å². The Balaban J connectivity index is 1.93. The lowest BCUT2D eigenvalue weighted by molar-refractivity contribution is 0.305. The highest BCUT2D eigenvalue weighted by Gasteiger charge is 2.20. The Morgan fingerprint density at radius 3 is 2.36 bits per heavy atom. The zero-order valence-corrected chi connectivity index (χ0v) is 12.6. The minimum Gasteiger partial charge on any atom is -0.497 e. The number of methoxy groups -OCH3 is 2. The predicted molar refractivity (Wildman–Crippen MR) is 86.8 cm³/mol. The summed E-state index contributed by atoms with van der Waals surface area (Å²) in [5, 5.41) is 2.23. The maximum Gasteiger partial charge on any atom is 0.135 e. The molecule has 3 heteroatoms. The summed E-state index contributed by atoms with van der Waals surface area (Å²) in [6.45, 7) is 0.560. The highest BCUT2D eigenvalue weighted by atomic mass is 16.5. The van der Waals surface area contributed by atoms with Crippen molar-refractivity contribution in [2.24, 2.45) is 0 Å². The lowest BCUT2D eigenvalue weighted by Gasteiger charge is -2.23. The Hall–Kier alpha value is -2.68. The van der Waals surface area contributed by atoms with Crippen molar-refractivity contribution < 1.29 is 14.2 Å². The third kappa shape index (κ3) is 1.90. The number of fused-ring (bicyclic) bond motifs is 5. The molecule has 1 aliphatic heterocycles. The molecule has 0 unspecified atom stereocenters. The van der Waals surface area contributed by atoms with E-state index in [-0.39, 0.29) is 0 Å². The molecule has 0 atom stereocenters. The Bertz CT molecular complexity index is 868. The fourth-order valence-corrected chi connectivity index (χ4v) is 3.00. The monoisotopic (exact) mass is 292 g/mol. The SMILES string of the molecule is COc1ccc2c(c1)COc1c-2ccc2cc(OC)ccc12. The summed E-state index contributed by atoms with van der Waals surface area (Å²) in [6, 6.07) is 16.4. The molecule has 3 aromatic rings. The van der Waals surface area contributed by atoms with E-state index in [1.165, 1.54) is 5.56 Å². The molecule has 0 radical (unpaired) electrons. The number of rotatable bonds is 2. The molecule has 0 amide bonds. The van der Waals surface area contributed by atoms with Crippen LogP contribution in [0.25, 0.3) is 21.9 Å². The van der Waals surface area contributed by atoms with Crippen LogP contribution in [-0.4, -0.2) is 14.2 Å². The topological polar surface area (TPSA) is 27.7 Å². The van der Waals surface area contributed by atoms with Crippen LogP contribution in [0, 0.1) is 0 Å². The summed E-state index contributed by atoms with van der Waals surface area (Å²) in [7, 11) is 3.36. The van der Waals surface area contributed by atoms with Crippen LogP contribution in [0.15, 0.2) is 48.5 Å². The standard InChI is InChI=1S/C19H16O3/c1-20-14-5-8-17-12(9-14)3-6-18-16-7-4-15(21-2)10-13(16)11-22-19(17)18/h3-10H,11H2,1-2H3. The Morgan fingerprint density at radius 2 is 1.55 bits per heavy atom. The van der Waals surface area contributed by atoms with Crippen LogP contribution < -0.4 is 14.2 Å². The number of benzene rings is 3. The maximum absolute atomic E-state index is 6.04. The van der Waals surface area contributed by atoms with Gasteiger partial charge in [0, 0.05) is 16.5 Å². The van der Waals surface area contributed by atoms with Gasteiger partial charge in [-0.25, -0.2) is 0 Å². The Kier molecular flexibility index (Phi) is 2.93. The van der Waals surface area contributed by atoms with Crippen molar-refractivity contribution in [1.82, 2.24) is 0 Å². The molecule has 22 heavy (non-hydrogen) atoms. The average molecular weight is 292 g/mol. The molecule has 4 rings (SSSR count).